The van der Waals surface area contributed by atoms with Gasteiger partial charge in [-0.25, -0.2) is 4.79 Å². The third-order valence-corrected chi connectivity index (χ3v) is 10.2. The molecule has 6 heteroatoms. The Morgan fingerprint density at radius 3 is 2.52 bits per heavy atom. The third-order valence-electron chi connectivity index (χ3n) is 10.2. The lowest BCUT2D eigenvalue weighted by molar-refractivity contribution is -0.141. The quantitative estimate of drug-likeness (QED) is 0.349. The molecule has 3 fully saturated rings. The van der Waals surface area contributed by atoms with E-state index < -0.39 is 5.41 Å². The van der Waals surface area contributed by atoms with E-state index in [1.807, 2.05) is 17.0 Å². The highest BCUT2D eigenvalue weighted by Crippen LogP contribution is 2.66. The van der Waals surface area contributed by atoms with E-state index in [1.165, 1.54) is 72.5 Å². The van der Waals surface area contributed by atoms with Crippen molar-refractivity contribution < 1.29 is 19.1 Å². The summed E-state index contributed by atoms with van der Waals surface area (Å²) in [5, 5.41) is 1.22. The molecule has 2 aliphatic heterocycles. The first-order valence-electron chi connectivity index (χ1n) is 15.2. The number of nitrogens with zero attached hydrogens (tertiary/aromatic N) is 2. The van der Waals surface area contributed by atoms with E-state index in [2.05, 4.69) is 42.7 Å². The van der Waals surface area contributed by atoms with Crippen LogP contribution in [0.4, 0.5) is 0 Å². The molecule has 4 aliphatic rings. The maximum atomic E-state index is 14.4. The fourth-order valence-corrected chi connectivity index (χ4v) is 7.88. The number of esters is 1. The fourth-order valence-electron chi connectivity index (χ4n) is 7.88. The van der Waals surface area contributed by atoms with Crippen molar-refractivity contribution in [2.24, 2.45) is 5.41 Å². The molecule has 210 valence electrons. The molecule has 1 aromatic heterocycles. The molecule has 40 heavy (non-hydrogen) atoms. The highest BCUT2D eigenvalue weighted by atomic mass is 16.5. The van der Waals surface area contributed by atoms with Crippen molar-refractivity contribution >= 4 is 22.8 Å². The summed E-state index contributed by atoms with van der Waals surface area (Å²) < 4.78 is 13.1. The minimum atomic E-state index is -0.468. The Morgan fingerprint density at radius 2 is 1.80 bits per heavy atom. The Hall–Kier alpha value is -3.12. The summed E-state index contributed by atoms with van der Waals surface area (Å²) in [6, 6.07) is 13.1. The largest absolute Gasteiger partial charge is 0.465 e. The predicted molar refractivity (Wildman–Crippen MR) is 156 cm³/mol. The van der Waals surface area contributed by atoms with Crippen LogP contribution in [0, 0.1) is 5.41 Å². The van der Waals surface area contributed by atoms with Gasteiger partial charge in [0.05, 0.1) is 37.0 Å². The average molecular weight is 541 g/mol. The van der Waals surface area contributed by atoms with Gasteiger partial charge in [-0.05, 0) is 59.9 Å². The highest BCUT2D eigenvalue weighted by molar-refractivity contribution is 6.00. The average Bonchev–Trinajstić information content (AvgIpc) is 3.66. The second kappa shape index (κ2) is 9.76. The lowest BCUT2D eigenvalue weighted by Gasteiger charge is -2.31. The Bertz CT molecular complexity index is 1490. The van der Waals surface area contributed by atoms with Crippen molar-refractivity contribution in [2.45, 2.75) is 76.7 Å². The van der Waals surface area contributed by atoms with Gasteiger partial charge >= 0.3 is 5.97 Å². The van der Waals surface area contributed by atoms with Gasteiger partial charge in [0, 0.05) is 42.0 Å². The van der Waals surface area contributed by atoms with E-state index in [1.54, 1.807) is 0 Å². The van der Waals surface area contributed by atoms with Gasteiger partial charge in [0.15, 0.2) is 0 Å². The fraction of sp³-hybridized carbons (Fsp3) is 0.529. The van der Waals surface area contributed by atoms with Crippen molar-refractivity contribution in [3.8, 4) is 11.3 Å². The van der Waals surface area contributed by atoms with Crippen molar-refractivity contribution in [1.82, 2.24) is 9.47 Å². The van der Waals surface area contributed by atoms with Crippen molar-refractivity contribution in [3.63, 3.8) is 0 Å². The second-order valence-corrected chi connectivity index (χ2v) is 12.7. The number of carbonyl (C=O) groups is 2. The lowest BCUT2D eigenvalue weighted by Crippen LogP contribution is -2.45. The van der Waals surface area contributed by atoms with Crippen molar-refractivity contribution in [2.75, 3.05) is 33.4 Å². The molecule has 0 N–H and O–H groups in total. The number of benzene rings is 2. The number of aromatic nitrogens is 1. The number of rotatable bonds is 4. The molecule has 0 bridgehead atoms. The van der Waals surface area contributed by atoms with E-state index in [0.717, 1.165) is 11.9 Å². The maximum absolute atomic E-state index is 14.4. The molecule has 2 saturated carbocycles. The first kappa shape index (κ1) is 25.8. The zero-order chi connectivity index (χ0) is 27.6. The van der Waals surface area contributed by atoms with E-state index in [9.17, 15) is 9.59 Å². The summed E-state index contributed by atoms with van der Waals surface area (Å²) in [7, 11) is 1.44. The van der Waals surface area contributed by atoms with Gasteiger partial charge in [0.1, 0.15) is 0 Å². The first-order chi connectivity index (χ1) is 19.4. The Balaban J connectivity index is 1.49. The van der Waals surface area contributed by atoms with Crippen LogP contribution in [0.3, 0.4) is 0 Å². The molecule has 2 unspecified atom stereocenters. The Morgan fingerprint density at radius 1 is 1.02 bits per heavy atom. The van der Waals surface area contributed by atoms with Gasteiger partial charge in [0.2, 0.25) is 5.91 Å². The number of methoxy groups -OCH3 is 1. The zero-order valence-corrected chi connectivity index (χ0v) is 24.0. The number of ether oxygens (including phenoxy) is 2. The Labute approximate surface area is 236 Å². The van der Waals surface area contributed by atoms with Crippen LogP contribution in [-0.2, 0) is 20.8 Å². The highest BCUT2D eigenvalue weighted by Gasteiger charge is 2.63. The summed E-state index contributed by atoms with van der Waals surface area (Å²) in [4.78, 5) is 29.0. The molecular weight excluding hydrogens is 500 g/mol. The van der Waals surface area contributed by atoms with E-state index in [-0.39, 0.29) is 17.8 Å². The number of amides is 1. The number of carbonyl (C=O) groups excluding carboxylic acids is 2. The molecule has 0 spiro atoms. The summed E-state index contributed by atoms with van der Waals surface area (Å²) in [5.41, 5.74) is 7.78. The number of morpholine rings is 1. The summed E-state index contributed by atoms with van der Waals surface area (Å²) in [5.74, 6) is 1.04. The number of fused-ring (bicyclic) bond motifs is 7. The third kappa shape index (κ3) is 3.93. The minimum absolute atomic E-state index is 0.203. The summed E-state index contributed by atoms with van der Waals surface area (Å²) >= 11 is 0. The zero-order valence-electron chi connectivity index (χ0n) is 24.0. The van der Waals surface area contributed by atoms with Crippen LogP contribution in [0.15, 0.2) is 36.4 Å². The van der Waals surface area contributed by atoms with Gasteiger partial charge in [-0.2, -0.15) is 0 Å². The van der Waals surface area contributed by atoms with Crippen LogP contribution < -0.4 is 0 Å². The summed E-state index contributed by atoms with van der Waals surface area (Å²) in [6.45, 7) is 7.66. The molecule has 2 aromatic carbocycles. The topological polar surface area (TPSA) is 60.8 Å². The van der Waals surface area contributed by atoms with E-state index >= 15 is 0 Å². The van der Waals surface area contributed by atoms with E-state index in [4.69, 9.17) is 9.47 Å². The molecule has 2 atom stereocenters. The predicted octanol–water partition coefficient (Wildman–Crippen LogP) is 6.61. The SMILES string of the molecule is COC(=O)c1ccc2c(C3CCCCC3)c3n(c2c1)CC1(C(=O)N2CCOCC2)CC1c1cc(C(C)C)ccc1-3. The molecular formula is C34H40N2O4. The van der Waals surface area contributed by atoms with Crippen LogP contribution in [-0.4, -0.2) is 54.8 Å². The van der Waals surface area contributed by atoms with Gasteiger partial charge < -0.3 is 18.9 Å². The molecule has 1 amide bonds. The van der Waals surface area contributed by atoms with Crippen molar-refractivity contribution in [1.29, 1.82) is 0 Å². The van der Waals surface area contributed by atoms with Gasteiger partial charge in [-0.15, -0.1) is 0 Å². The van der Waals surface area contributed by atoms with Gasteiger partial charge in [-0.1, -0.05) is 57.4 Å². The molecule has 1 saturated heterocycles. The molecule has 3 aromatic rings. The van der Waals surface area contributed by atoms with Gasteiger partial charge in [0.25, 0.3) is 0 Å². The molecule has 7 rings (SSSR count). The second-order valence-electron chi connectivity index (χ2n) is 12.7. The number of hydrogen-bond acceptors (Lipinski definition) is 4. The van der Waals surface area contributed by atoms with Crippen LogP contribution in [0.1, 0.15) is 97.2 Å². The lowest BCUT2D eigenvalue weighted by atomic mass is 9.81. The molecule has 0 radical (unpaired) electrons. The summed E-state index contributed by atoms with van der Waals surface area (Å²) in [6.07, 6.45) is 7.03. The monoisotopic (exact) mass is 540 g/mol. The number of hydrogen-bond donors (Lipinski definition) is 0. The van der Waals surface area contributed by atoms with Crippen molar-refractivity contribution in [3.05, 3.63) is 58.7 Å². The minimum Gasteiger partial charge on any atom is -0.465 e. The maximum Gasteiger partial charge on any atom is 0.337 e. The van der Waals surface area contributed by atoms with Crippen LogP contribution >= 0.6 is 0 Å². The van der Waals surface area contributed by atoms with Crippen LogP contribution in [0.5, 0.6) is 0 Å². The van der Waals surface area contributed by atoms with Gasteiger partial charge in [-0.3, -0.25) is 4.79 Å². The molecule has 2 aliphatic carbocycles. The van der Waals surface area contributed by atoms with Crippen LogP contribution in [0.25, 0.3) is 22.2 Å². The normalized spacial score (nSPS) is 24.3. The van der Waals surface area contributed by atoms with E-state index in [0.29, 0.717) is 50.2 Å². The van der Waals surface area contributed by atoms with Crippen LogP contribution in [0.2, 0.25) is 0 Å². The standard InChI is InChI=1S/C34H40N2O4/c1-21(2)23-9-11-25-27(17-23)28-19-34(28,33(38)35-13-15-40-16-14-35)20-36-29-18-24(32(37)39-3)10-12-26(29)30(31(25)36)22-7-5-4-6-8-22/h9-12,17-18,21-22,28H,4-8,13-16,19-20H2,1-3H3. The molecule has 6 nitrogen and oxygen atoms in total. The first-order valence-corrected chi connectivity index (χ1v) is 15.2. The Kier molecular flexibility index (Phi) is 6.30. The molecule has 3 heterocycles. The smallest absolute Gasteiger partial charge is 0.337 e.